The van der Waals surface area contributed by atoms with E-state index >= 15 is 0 Å². The third-order valence-corrected chi connectivity index (χ3v) is 1.98. The Labute approximate surface area is 59.9 Å². The van der Waals surface area contributed by atoms with E-state index in [1.54, 1.807) is 0 Å². The van der Waals surface area contributed by atoms with Crippen molar-refractivity contribution in [1.82, 2.24) is 10.6 Å². The Hall–Kier alpha value is -0.160. The van der Waals surface area contributed by atoms with Gasteiger partial charge in [-0.2, -0.15) is 0 Å². The zero-order chi connectivity index (χ0) is 6.81. The lowest BCUT2D eigenvalue weighted by Gasteiger charge is -2.14. The third-order valence-electron chi connectivity index (χ3n) is 1.98. The molecule has 2 unspecified atom stereocenters. The highest BCUT2D eigenvalue weighted by Crippen LogP contribution is 2.04. The minimum absolute atomic E-state index is 0.447. The van der Waals surface area contributed by atoms with E-state index in [-0.39, 0.29) is 0 Å². The standard InChI is InChI=1S/C6H12N2O2/c1-5(7-3-9-1)6-2-10-4-8-6/h5-8H,1-4H2. The van der Waals surface area contributed by atoms with Crippen LogP contribution in [0.2, 0.25) is 0 Å². The smallest absolute Gasteiger partial charge is 0.0969 e. The molecule has 0 spiro atoms. The summed E-state index contributed by atoms with van der Waals surface area (Å²) in [5, 5.41) is 6.47. The molecule has 2 aliphatic rings. The van der Waals surface area contributed by atoms with E-state index in [1.807, 2.05) is 0 Å². The van der Waals surface area contributed by atoms with Gasteiger partial charge in [-0.15, -0.1) is 0 Å². The fourth-order valence-electron chi connectivity index (χ4n) is 1.34. The second-order valence-electron chi connectivity index (χ2n) is 2.65. The molecular formula is C6H12N2O2. The van der Waals surface area contributed by atoms with Crippen molar-refractivity contribution in [2.45, 2.75) is 12.1 Å². The first-order chi connectivity index (χ1) is 4.97. The fraction of sp³-hybridized carbons (Fsp3) is 1.00. The van der Waals surface area contributed by atoms with Crippen molar-refractivity contribution in [2.24, 2.45) is 0 Å². The van der Waals surface area contributed by atoms with E-state index < -0.39 is 0 Å². The van der Waals surface area contributed by atoms with Gasteiger partial charge in [0.1, 0.15) is 0 Å². The molecule has 0 aromatic carbocycles. The second-order valence-corrected chi connectivity index (χ2v) is 2.65. The average Bonchev–Trinajstić information content (AvgIpc) is 2.59. The summed E-state index contributed by atoms with van der Waals surface area (Å²) >= 11 is 0. The van der Waals surface area contributed by atoms with Gasteiger partial charge in [0.2, 0.25) is 0 Å². The first-order valence-corrected chi connectivity index (χ1v) is 3.59. The molecule has 4 nitrogen and oxygen atoms in total. The van der Waals surface area contributed by atoms with Crippen molar-refractivity contribution < 1.29 is 9.47 Å². The molecule has 2 aliphatic heterocycles. The van der Waals surface area contributed by atoms with Crippen LogP contribution in [0.25, 0.3) is 0 Å². The number of hydrogen-bond acceptors (Lipinski definition) is 4. The molecule has 0 amide bonds. The van der Waals surface area contributed by atoms with Crippen LogP contribution in [-0.4, -0.2) is 38.8 Å². The topological polar surface area (TPSA) is 42.5 Å². The molecule has 2 atom stereocenters. The molecule has 2 fully saturated rings. The molecule has 2 saturated heterocycles. The number of nitrogens with one attached hydrogen (secondary N) is 2. The molecular weight excluding hydrogens is 132 g/mol. The Balaban J connectivity index is 1.85. The van der Waals surface area contributed by atoms with Gasteiger partial charge in [-0.3, -0.25) is 10.6 Å². The van der Waals surface area contributed by atoms with Gasteiger partial charge in [-0.25, -0.2) is 0 Å². The van der Waals surface area contributed by atoms with E-state index in [9.17, 15) is 0 Å². The van der Waals surface area contributed by atoms with Gasteiger partial charge >= 0.3 is 0 Å². The van der Waals surface area contributed by atoms with E-state index in [4.69, 9.17) is 9.47 Å². The third kappa shape index (κ3) is 1.15. The zero-order valence-electron chi connectivity index (χ0n) is 5.80. The maximum atomic E-state index is 5.16. The Morgan fingerprint density at radius 2 is 1.40 bits per heavy atom. The molecule has 4 heteroatoms. The predicted molar refractivity (Wildman–Crippen MR) is 35.5 cm³/mol. The van der Waals surface area contributed by atoms with Gasteiger partial charge in [-0.05, 0) is 0 Å². The van der Waals surface area contributed by atoms with E-state index in [0.717, 1.165) is 13.2 Å². The average molecular weight is 144 g/mol. The zero-order valence-corrected chi connectivity index (χ0v) is 5.80. The van der Waals surface area contributed by atoms with Crippen LogP contribution in [-0.2, 0) is 9.47 Å². The van der Waals surface area contributed by atoms with E-state index in [1.165, 1.54) is 0 Å². The van der Waals surface area contributed by atoms with Gasteiger partial charge in [-0.1, -0.05) is 0 Å². The summed E-state index contributed by atoms with van der Waals surface area (Å²) in [4.78, 5) is 0. The summed E-state index contributed by atoms with van der Waals surface area (Å²) in [5.74, 6) is 0. The summed E-state index contributed by atoms with van der Waals surface area (Å²) in [6.07, 6.45) is 0. The summed E-state index contributed by atoms with van der Waals surface area (Å²) in [6, 6.07) is 0.894. The first-order valence-electron chi connectivity index (χ1n) is 3.59. The molecule has 0 aromatic rings. The maximum absolute atomic E-state index is 5.16. The Bertz CT molecular complexity index is 94.3. The highest BCUT2D eigenvalue weighted by atomic mass is 16.5. The summed E-state index contributed by atoms with van der Waals surface area (Å²) in [6.45, 7) is 2.98. The van der Waals surface area contributed by atoms with Gasteiger partial charge in [0.25, 0.3) is 0 Å². The number of rotatable bonds is 1. The van der Waals surface area contributed by atoms with Crippen LogP contribution in [0.3, 0.4) is 0 Å². The van der Waals surface area contributed by atoms with Gasteiger partial charge in [0, 0.05) is 12.1 Å². The van der Waals surface area contributed by atoms with Gasteiger partial charge in [0.05, 0.1) is 26.7 Å². The molecule has 0 saturated carbocycles. The quantitative estimate of drug-likeness (QED) is 0.489. The van der Waals surface area contributed by atoms with Crippen molar-refractivity contribution in [3.63, 3.8) is 0 Å². The highest BCUT2D eigenvalue weighted by molar-refractivity contribution is 4.85. The Morgan fingerprint density at radius 3 is 1.70 bits per heavy atom. The van der Waals surface area contributed by atoms with Crippen LogP contribution in [0.4, 0.5) is 0 Å². The van der Waals surface area contributed by atoms with E-state index in [0.29, 0.717) is 25.5 Å². The molecule has 0 radical (unpaired) electrons. The lowest BCUT2D eigenvalue weighted by molar-refractivity contribution is 0.176. The van der Waals surface area contributed by atoms with Crippen molar-refractivity contribution >= 4 is 0 Å². The highest BCUT2D eigenvalue weighted by Gasteiger charge is 2.27. The van der Waals surface area contributed by atoms with Crippen molar-refractivity contribution in [3.05, 3.63) is 0 Å². The largest absolute Gasteiger partial charge is 0.365 e. The van der Waals surface area contributed by atoms with Crippen molar-refractivity contribution in [1.29, 1.82) is 0 Å². The lowest BCUT2D eigenvalue weighted by atomic mass is 10.1. The molecule has 2 rings (SSSR count). The lowest BCUT2D eigenvalue weighted by Crippen LogP contribution is -2.44. The second kappa shape index (κ2) is 2.84. The van der Waals surface area contributed by atoms with Crippen molar-refractivity contribution in [3.8, 4) is 0 Å². The molecule has 0 aliphatic carbocycles. The SMILES string of the molecule is C1NC(C2COCN2)CO1. The summed E-state index contributed by atoms with van der Waals surface area (Å²) in [5.41, 5.74) is 0. The molecule has 2 heterocycles. The van der Waals surface area contributed by atoms with Gasteiger partial charge < -0.3 is 9.47 Å². The number of hydrogen-bond donors (Lipinski definition) is 2. The minimum atomic E-state index is 0.447. The van der Waals surface area contributed by atoms with E-state index in [2.05, 4.69) is 10.6 Å². The monoisotopic (exact) mass is 144 g/mol. The van der Waals surface area contributed by atoms with Crippen LogP contribution < -0.4 is 10.6 Å². The van der Waals surface area contributed by atoms with Crippen LogP contribution >= 0.6 is 0 Å². The fourth-order valence-corrected chi connectivity index (χ4v) is 1.34. The molecule has 10 heavy (non-hydrogen) atoms. The molecule has 58 valence electrons. The van der Waals surface area contributed by atoms with Crippen molar-refractivity contribution in [2.75, 3.05) is 26.7 Å². The van der Waals surface area contributed by atoms with Crippen LogP contribution in [0.15, 0.2) is 0 Å². The normalized spacial score (nSPS) is 40.8. The summed E-state index contributed by atoms with van der Waals surface area (Å²) < 4.78 is 10.3. The molecule has 0 bridgehead atoms. The minimum Gasteiger partial charge on any atom is -0.365 e. The van der Waals surface area contributed by atoms with Gasteiger partial charge in [0.15, 0.2) is 0 Å². The molecule has 0 aromatic heterocycles. The van der Waals surface area contributed by atoms with Crippen LogP contribution in [0.1, 0.15) is 0 Å². The molecule has 2 N–H and O–H groups in total. The Kier molecular flexibility index (Phi) is 1.86. The predicted octanol–water partition coefficient (Wildman–Crippen LogP) is -1.12. The first kappa shape index (κ1) is 6.54. The van der Waals surface area contributed by atoms with Crippen LogP contribution in [0.5, 0.6) is 0 Å². The number of ether oxygens (including phenoxy) is 2. The van der Waals surface area contributed by atoms with Crippen LogP contribution in [0, 0.1) is 0 Å². The Morgan fingerprint density at radius 1 is 0.900 bits per heavy atom. The summed E-state index contributed by atoms with van der Waals surface area (Å²) in [7, 11) is 0. The maximum Gasteiger partial charge on any atom is 0.0969 e.